The van der Waals surface area contributed by atoms with E-state index in [9.17, 15) is 4.79 Å². The number of rotatable bonds is 7. The molecule has 2 heterocycles. The number of aromatic nitrogens is 2. The van der Waals surface area contributed by atoms with Crippen molar-refractivity contribution in [2.24, 2.45) is 0 Å². The molecule has 7 heteroatoms. The maximum atomic E-state index is 12.1. The van der Waals surface area contributed by atoms with Crippen molar-refractivity contribution in [3.05, 3.63) is 39.2 Å². The minimum Gasteiger partial charge on any atom is -0.364 e. The topological polar surface area (TPSA) is 69.8 Å². The van der Waals surface area contributed by atoms with Gasteiger partial charge in [0, 0.05) is 17.5 Å². The molecule has 0 radical (unpaired) electrons. The van der Waals surface area contributed by atoms with Crippen molar-refractivity contribution in [3.63, 3.8) is 0 Å². The number of likely N-dealkylation sites (N-methyl/N-ethyl adjacent to an activating group) is 1. The highest BCUT2D eigenvalue weighted by atomic mass is 35.5. The quantitative estimate of drug-likeness (QED) is 0.675. The van der Waals surface area contributed by atoms with Gasteiger partial charge in [0.25, 0.3) is 5.91 Å². The Labute approximate surface area is 138 Å². The molecule has 2 aromatic heterocycles. The van der Waals surface area contributed by atoms with Crippen LogP contribution in [0.5, 0.6) is 0 Å². The summed E-state index contributed by atoms with van der Waals surface area (Å²) in [6.07, 6.45) is 2.67. The van der Waals surface area contributed by atoms with Crippen LogP contribution in [0.2, 0.25) is 4.34 Å². The van der Waals surface area contributed by atoms with Crippen molar-refractivity contribution in [3.8, 4) is 0 Å². The fraction of sp³-hybridized carbons (Fsp3) is 0.333. The number of aromatic amines is 1. The number of hydrogen-bond acceptors (Lipinski definition) is 4. The lowest BCUT2D eigenvalue weighted by atomic mass is 10.1. The molecule has 0 aliphatic heterocycles. The predicted octanol–water partition coefficient (Wildman–Crippen LogP) is 3.67. The first-order valence-corrected chi connectivity index (χ1v) is 8.35. The van der Waals surface area contributed by atoms with Crippen molar-refractivity contribution >= 4 is 40.2 Å². The smallest absolute Gasteiger partial charge is 0.253 e. The van der Waals surface area contributed by atoms with E-state index in [1.165, 1.54) is 11.3 Å². The monoisotopic (exact) mass is 338 g/mol. The Hall–Kier alpha value is -1.79. The van der Waals surface area contributed by atoms with E-state index >= 15 is 0 Å². The molecule has 22 heavy (non-hydrogen) atoms. The van der Waals surface area contributed by atoms with Gasteiger partial charge in [-0.2, -0.15) is 5.10 Å². The van der Waals surface area contributed by atoms with Crippen LogP contribution >= 0.6 is 22.9 Å². The van der Waals surface area contributed by atoms with Crippen LogP contribution in [-0.4, -0.2) is 22.6 Å². The zero-order valence-corrected chi connectivity index (χ0v) is 14.1. The molecule has 0 bridgehead atoms. The van der Waals surface area contributed by atoms with E-state index in [-0.39, 0.29) is 5.91 Å². The molecule has 0 unspecified atom stereocenters. The van der Waals surface area contributed by atoms with Crippen LogP contribution in [0.3, 0.4) is 0 Å². The van der Waals surface area contributed by atoms with E-state index in [1.807, 2.05) is 38.1 Å². The Morgan fingerprint density at radius 3 is 2.91 bits per heavy atom. The van der Waals surface area contributed by atoms with Crippen LogP contribution in [0.1, 0.15) is 30.8 Å². The molecule has 0 aromatic carbocycles. The Balaban J connectivity index is 2.05. The third-order valence-electron chi connectivity index (χ3n) is 2.93. The molecular formula is C15H19ClN4OS. The maximum Gasteiger partial charge on any atom is 0.253 e. The number of carbonyl (C=O) groups is 1. The standard InChI is InChI=1S/C15H19ClN4OS/c1-3-5-11(15(21)17-4-2)12-8-14(20-19-12)18-9-10-6-7-13(16)22-10/h5-8H,3-4,9H2,1-2H3,(H,17,21)(H2,18,19,20)/b11-5-. The first-order valence-electron chi connectivity index (χ1n) is 7.16. The number of anilines is 1. The summed E-state index contributed by atoms with van der Waals surface area (Å²) in [6.45, 7) is 5.14. The van der Waals surface area contributed by atoms with Crippen LogP contribution in [0.4, 0.5) is 5.82 Å². The number of hydrogen-bond donors (Lipinski definition) is 3. The SMILES string of the molecule is CC/C=C(\C(=O)NCC)c1cc(NCc2ccc(Cl)s2)n[nH]1. The number of allylic oxidation sites excluding steroid dienone is 1. The number of nitrogens with one attached hydrogen (secondary N) is 3. The lowest BCUT2D eigenvalue weighted by molar-refractivity contribution is -0.115. The van der Waals surface area contributed by atoms with E-state index in [0.29, 0.717) is 30.2 Å². The summed E-state index contributed by atoms with van der Waals surface area (Å²) in [5.74, 6) is 0.607. The molecule has 5 nitrogen and oxygen atoms in total. The lowest BCUT2D eigenvalue weighted by Gasteiger charge is -2.04. The largest absolute Gasteiger partial charge is 0.364 e. The van der Waals surface area contributed by atoms with E-state index in [0.717, 1.165) is 15.6 Å². The summed E-state index contributed by atoms with van der Waals surface area (Å²) in [7, 11) is 0. The number of amides is 1. The van der Waals surface area contributed by atoms with E-state index < -0.39 is 0 Å². The molecule has 0 aliphatic rings. The number of carbonyl (C=O) groups excluding carboxylic acids is 1. The molecule has 2 aromatic rings. The highest BCUT2D eigenvalue weighted by molar-refractivity contribution is 7.16. The van der Waals surface area contributed by atoms with Crippen molar-refractivity contribution < 1.29 is 4.79 Å². The summed E-state index contributed by atoms with van der Waals surface area (Å²) in [5.41, 5.74) is 1.32. The number of thiophene rings is 1. The van der Waals surface area contributed by atoms with Gasteiger partial charge in [0.1, 0.15) is 5.82 Å². The van der Waals surface area contributed by atoms with Crippen molar-refractivity contribution in [2.75, 3.05) is 11.9 Å². The predicted molar refractivity (Wildman–Crippen MR) is 92.2 cm³/mol. The fourth-order valence-electron chi connectivity index (χ4n) is 1.96. The van der Waals surface area contributed by atoms with Gasteiger partial charge in [0.15, 0.2) is 0 Å². The van der Waals surface area contributed by atoms with Gasteiger partial charge in [-0.25, -0.2) is 0 Å². The van der Waals surface area contributed by atoms with Crippen LogP contribution < -0.4 is 10.6 Å². The van der Waals surface area contributed by atoms with Gasteiger partial charge >= 0.3 is 0 Å². The van der Waals surface area contributed by atoms with Crippen molar-refractivity contribution in [1.82, 2.24) is 15.5 Å². The Morgan fingerprint density at radius 2 is 2.27 bits per heavy atom. The molecule has 1 amide bonds. The molecule has 3 N–H and O–H groups in total. The molecule has 2 rings (SSSR count). The normalized spacial score (nSPS) is 11.5. The van der Waals surface area contributed by atoms with Gasteiger partial charge in [-0.15, -0.1) is 11.3 Å². The summed E-state index contributed by atoms with van der Waals surface area (Å²) in [4.78, 5) is 13.2. The van der Waals surface area contributed by atoms with Gasteiger partial charge in [-0.3, -0.25) is 9.89 Å². The van der Waals surface area contributed by atoms with E-state index in [2.05, 4.69) is 20.8 Å². The zero-order valence-electron chi connectivity index (χ0n) is 12.6. The molecule has 118 valence electrons. The van der Waals surface area contributed by atoms with Crippen LogP contribution in [0, 0.1) is 0 Å². The van der Waals surface area contributed by atoms with Gasteiger partial charge < -0.3 is 10.6 Å². The van der Waals surface area contributed by atoms with Crippen LogP contribution in [0.25, 0.3) is 5.57 Å². The lowest BCUT2D eigenvalue weighted by Crippen LogP contribution is -2.23. The third kappa shape index (κ3) is 4.35. The first kappa shape index (κ1) is 16.6. The van der Waals surface area contributed by atoms with Gasteiger partial charge in [0.05, 0.1) is 22.1 Å². The Kier molecular flexibility index (Phi) is 6.03. The molecular weight excluding hydrogens is 320 g/mol. The Bertz CT molecular complexity index is 662. The van der Waals surface area contributed by atoms with Gasteiger partial charge in [0.2, 0.25) is 0 Å². The molecule has 0 saturated heterocycles. The van der Waals surface area contributed by atoms with E-state index in [4.69, 9.17) is 11.6 Å². The molecule has 0 fully saturated rings. The van der Waals surface area contributed by atoms with Crippen molar-refractivity contribution in [2.45, 2.75) is 26.8 Å². The summed E-state index contributed by atoms with van der Waals surface area (Å²) in [5, 5.41) is 13.1. The van der Waals surface area contributed by atoms with E-state index in [1.54, 1.807) is 0 Å². The van der Waals surface area contributed by atoms with Crippen LogP contribution in [-0.2, 0) is 11.3 Å². The number of halogens is 1. The van der Waals surface area contributed by atoms with Crippen molar-refractivity contribution in [1.29, 1.82) is 0 Å². The second-order valence-corrected chi connectivity index (χ2v) is 6.41. The summed E-state index contributed by atoms with van der Waals surface area (Å²) < 4.78 is 0.768. The molecule has 0 spiro atoms. The average Bonchev–Trinajstić information content (AvgIpc) is 3.11. The summed E-state index contributed by atoms with van der Waals surface area (Å²) in [6, 6.07) is 5.69. The molecule has 0 aliphatic carbocycles. The third-order valence-corrected chi connectivity index (χ3v) is 4.16. The van der Waals surface area contributed by atoms with Crippen LogP contribution in [0.15, 0.2) is 24.3 Å². The zero-order chi connectivity index (χ0) is 15.9. The maximum absolute atomic E-state index is 12.1. The van der Waals surface area contributed by atoms with Gasteiger partial charge in [-0.05, 0) is 25.5 Å². The van der Waals surface area contributed by atoms with Gasteiger partial charge in [-0.1, -0.05) is 24.6 Å². The molecule has 0 saturated carbocycles. The first-order chi connectivity index (χ1) is 10.6. The minimum atomic E-state index is -0.0930. The average molecular weight is 339 g/mol. The Morgan fingerprint density at radius 1 is 1.45 bits per heavy atom. The highest BCUT2D eigenvalue weighted by Crippen LogP contribution is 2.22. The second-order valence-electron chi connectivity index (χ2n) is 4.61. The molecule has 0 atom stereocenters. The number of nitrogens with zero attached hydrogens (tertiary/aromatic N) is 1. The number of H-pyrrole nitrogens is 1. The highest BCUT2D eigenvalue weighted by Gasteiger charge is 2.13. The minimum absolute atomic E-state index is 0.0930. The second kappa shape index (κ2) is 8.00. The summed E-state index contributed by atoms with van der Waals surface area (Å²) >= 11 is 7.43. The fourth-order valence-corrected chi connectivity index (χ4v) is 2.99.